The maximum Gasteiger partial charge on any atom is 0.137 e. The molecule has 5 nitrogen and oxygen atoms in total. The molecule has 0 atom stereocenters. The van der Waals surface area contributed by atoms with Crippen LogP contribution in [0.3, 0.4) is 0 Å². The third-order valence-electron chi connectivity index (χ3n) is 2.03. The summed E-state index contributed by atoms with van der Waals surface area (Å²) in [4.78, 5) is 11.1. The lowest BCUT2D eigenvalue weighted by atomic mass is 10.5. The fourth-order valence-corrected chi connectivity index (χ4v) is 1.27. The maximum atomic E-state index is 5.47. The largest absolute Gasteiger partial charge is 0.491 e. The highest BCUT2D eigenvalue weighted by molar-refractivity contribution is 5.15. The summed E-state index contributed by atoms with van der Waals surface area (Å²) in [6.45, 7) is 2.12. The number of nitrogens with one attached hydrogen (secondary N) is 2. The van der Waals surface area contributed by atoms with E-state index in [1.807, 2.05) is 18.3 Å². The first-order valence-electron chi connectivity index (χ1n) is 5.17. The van der Waals surface area contributed by atoms with Gasteiger partial charge in [0.1, 0.15) is 18.2 Å². The first kappa shape index (κ1) is 10.6. The third-order valence-corrected chi connectivity index (χ3v) is 2.03. The van der Waals surface area contributed by atoms with Gasteiger partial charge < -0.3 is 15.0 Å². The minimum Gasteiger partial charge on any atom is -0.491 e. The Labute approximate surface area is 93.9 Å². The maximum absolute atomic E-state index is 5.47. The second-order valence-electron chi connectivity index (χ2n) is 3.25. The summed E-state index contributed by atoms with van der Waals surface area (Å²) in [5.74, 6) is 1.73. The highest BCUT2D eigenvalue weighted by Gasteiger charge is 1.94. The summed E-state index contributed by atoms with van der Waals surface area (Å²) < 4.78 is 5.47. The van der Waals surface area contributed by atoms with Crippen molar-refractivity contribution in [2.45, 2.75) is 6.54 Å². The Morgan fingerprint density at radius 1 is 1.38 bits per heavy atom. The summed E-state index contributed by atoms with van der Waals surface area (Å²) in [5, 5.41) is 3.22. The van der Waals surface area contributed by atoms with Crippen LogP contribution in [0.1, 0.15) is 5.82 Å². The average Bonchev–Trinajstić information content (AvgIpc) is 2.83. The van der Waals surface area contributed by atoms with E-state index in [-0.39, 0.29) is 0 Å². The van der Waals surface area contributed by atoms with Crippen molar-refractivity contribution in [3.63, 3.8) is 0 Å². The van der Waals surface area contributed by atoms with Gasteiger partial charge in [-0.05, 0) is 12.1 Å². The van der Waals surface area contributed by atoms with Crippen molar-refractivity contribution in [1.82, 2.24) is 20.3 Å². The zero-order chi connectivity index (χ0) is 11.1. The molecule has 5 heteroatoms. The molecule has 0 aliphatic rings. The summed E-state index contributed by atoms with van der Waals surface area (Å²) in [6.07, 6.45) is 6.97. The van der Waals surface area contributed by atoms with Gasteiger partial charge in [0, 0.05) is 25.1 Å². The molecule has 0 radical (unpaired) electrons. The quantitative estimate of drug-likeness (QED) is 0.709. The fourth-order valence-electron chi connectivity index (χ4n) is 1.27. The van der Waals surface area contributed by atoms with E-state index in [0.717, 1.165) is 24.7 Å². The molecule has 0 fully saturated rings. The molecule has 0 aliphatic heterocycles. The minimum atomic E-state index is 0.617. The number of aromatic nitrogens is 3. The molecule has 2 N–H and O–H groups in total. The van der Waals surface area contributed by atoms with E-state index in [1.54, 1.807) is 18.6 Å². The van der Waals surface area contributed by atoms with Gasteiger partial charge >= 0.3 is 0 Å². The van der Waals surface area contributed by atoms with Crippen molar-refractivity contribution < 1.29 is 4.74 Å². The van der Waals surface area contributed by atoms with E-state index in [0.29, 0.717) is 6.61 Å². The molecule has 0 unspecified atom stereocenters. The van der Waals surface area contributed by atoms with E-state index in [2.05, 4.69) is 20.3 Å². The van der Waals surface area contributed by atoms with Crippen molar-refractivity contribution in [1.29, 1.82) is 0 Å². The van der Waals surface area contributed by atoms with Gasteiger partial charge in [0.25, 0.3) is 0 Å². The molecule has 0 spiro atoms. The Hall–Kier alpha value is -1.88. The molecule has 16 heavy (non-hydrogen) atoms. The molecule has 2 aromatic heterocycles. The zero-order valence-electron chi connectivity index (χ0n) is 8.89. The number of H-pyrrole nitrogens is 1. The van der Waals surface area contributed by atoms with Crippen LogP contribution in [-0.4, -0.2) is 28.1 Å². The van der Waals surface area contributed by atoms with Gasteiger partial charge in [0.2, 0.25) is 0 Å². The molecule has 0 aliphatic carbocycles. The third kappa shape index (κ3) is 3.36. The van der Waals surface area contributed by atoms with E-state index in [9.17, 15) is 0 Å². The second kappa shape index (κ2) is 5.87. The van der Waals surface area contributed by atoms with Crippen LogP contribution in [0.5, 0.6) is 5.75 Å². The molecule has 2 rings (SSSR count). The number of rotatable bonds is 6. The Bertz CT molecular complexity index is 388. The Morgan fingerprint density at radius 3 is 3.12 bits per heavy atom. The normalized spacial score (nSPS) is 10.2. The molecule has 2 aromatic rings. The predicted molar refractivity (Wildman–Crippen MR) is 60.0 cm³/mol. The average molecular weight is 218 g/mol. The van der Waals surface area contributed by atoms with Crippen LogP contribution in [0.15, 0.2) is 36.9 Å². The Morgan fingerprint density at radius 2 is 2.38 bits per heavy atom. The lowest BCUT2D eigenvalue weighted by Crippen LogP contribution is -2.21. The van der Waals surface area contributed by atoms with Gasteiger partial charge in [-0.1, -0.05) is 0 Å². The van der Waals surface area contributed by atoms with Crippen LogP contribution in [-0.2, 0) is 6.54 Å². The van der Waals surface area contributed by atoms with Crippen LogP contribution >= 0.6 is 0 Å². The fraction of sp³-hybridized carbons (Fsp3) is 0.273. The summed E-state index contributed by atoms with van der Waals surface area (Å²) >= 11 is 0. The summed E-state index contributed by atoms with van der Waals surface area (Å²) in [5.41, 5.74) is 0. The summed E-state index contributed by atoms with van der Waals surface area (Å²) in [6, 6.07) is 3.74. The first-order valence-corrected chi connectivity index (χ1v) is 5.17. The van der Waals surface area contributed by atoms with Gasteiger partial charge in [0.05, 0.1) is 12.7 Å². The van der Waals surface area contributed by atoms with E-state index in [4.69, 9.17) is 4.74 Å². The van der Waals surface area contributed by atoms with Crippen LogP contribution in [0.2, 0.25) is 0 Å². The van der Waals surface area contributed by atoms with Crippen molar-refractivity contribution in [3.05, 3.63) is 42.7 Å². The standard InChI is InChI=1S/C11H14N4O/c1-2-10(8-12-3-1)16-7-6-13-9-11-14-4-5-15-11/h1-5,8,13H,6-7,9H2,(H,14,15). The number of nitrogens with zero attached hydrogens (tertiary/aromatic N) is 2. The number of ether oxygens (including phenoxy) is 1. The number of aromatic amines is 1. The van der Waals surface area contributed by atoms with E-state index < -0.39 is 0 Å². The molecule has 0 aromatic carbocycles. The van der Waals surface area contributed by atoms with Gasteiger partial charge in [0.15, 0.2) is 0 Å². The van der Waals surface area contributed by atoms with Crippen molar-refractivity contribution >= 4 is 0 Å². The number of imidazole rings is 1. The van der Waals surface area contributed by atoms with E-state index in [1.165, 1.54) is 0 Å². The minimum absolute atomic E-state index is 0.617. The molecule has 0 saturated heterocycles. The van der Waals surface area contributed by atoms with Gasteiger partial charge in [-0.25, -0.2) is 4.98 Å². The Balaban J connectivity index is 1.59. The lowest BCUT2D eigenvalue weighted by molar-refractivity contribution is 0.312. The molecule has 0 saturated carbocycles. The predicted octanol–water partition coefficient (Wildman–Crippen LogP) is 0.973. The zero-order valence-corrected chi connectivity index (χ0v) is 8.89. The highest BCUT2D eigenvalue weighted by Crippen LogP contribution is 2.04. The number of pyridine rings is 1. The van der Waals surface area contributed by atoms with Crippen LogP contribution in [0.25, 0.3) is 0 Å². The SMILES string of the molecule is c1cncc(OCCNCc2ncc[nH]2)c1. The molecular formula is C11H14N4O. The molecule has 2 heterocycles. The topological polar surface area (TPSA) is 62.8 Å². The van der Waals surface area contributed by atoms with Gasteiger partial charge in [-0.3, -0.25) is 4.98 Å². The molecule has 0 amide bonds. The van der Waals surface area contributed by atoms with Crippen molar-refractivity contribution in [3.8, 4) is 5.75 Å². The molecule has 0 bridgehead atoms. The van der Waals surface area contributed by atoms with Crippen LogP contribution in [0, 0.1) is 0 Å². The van der Waals surface area contributed by atoms with Crippen molar-refractivity contribution in [2.24, 2.45) is 0 Å². The summed E-state index contributed by atoms with van der Waals surface area (Å²) in [7, 11) is 0. The lowest BCUT2D eigenvalue weighted by Gasteiger charge is -2.05. The number of hydrogen-bond acceptors (Lipinski definition) is 4. The van der Waals surface area contributed by atoms with E-state index >= 15 is 0 Å². The van der Waals surface area contributed by atoms with Crippen LogP contribution in [0.4, 0.5) is 0 Å². The van der Waals surface area contributed by atoms with Crippen molar-refractivity contribution in [2.75, 3.05) is 13.2 Å². The Kier molecular flexibility index (Phi) is 3.90. The smallest absolute Gasteiger partial charge is 0.137 e. The number of hydrogen-bond donors (Lipinski definition) is 2. The molecular weight excluding hydrogens is 204 g/mol. The highest BCUT2D eigenvalue weighted by atomic mass is 16.5. The van der Waals surface area contributed by atoms with Crippen LogP contribution < -0.4 is 10.1 Å². The van der Waals surface area contributed by atoms with Gasteiger partial charge in [-0.2, -0.15) is 0 Å². The second-order valence-corrected chi connectivity index (χ2v) is 3.25. The van der Waals surface area contributed by atoms with Gasteiger partial charge in [-0.15, -0.1) is 0 Å². The monoisotopic (exact) mass is 218 g/mol. The molecule has 84 valence electrons. The first-order chi connectivity index (χ1) is 7.95.